The number of pyridine rings is 1. The molecule has 5 heteroatoms. The highest BCUT2D eigenvalue weighted by molar-refractivity contribution is 7.98. The van der Waals surface area contributed by atoms with Gasteiger partial charge in [0.2, 0.25) is 0 Å². The van der Waals surface area contributed by atoms with Gasteiger partial charge in [0.05, 0.1) is 5.02 Å². The number of rotatable bonds is 8. The summed E-state index contributed by atoms with van der Waals surface area (Å²) in [6.45, 7) is 4.96. The van der Waals surface area contributed by atoms with Gasteiger partial charge >= 0.3 is 0 Å². The Labute approximate surface area is 119 Å². The summed E-state index contributed by atoms with van der Waals surface area (Å²) < 4.78 is 0. The van der Waals surface area contributed by atoms with Crippen LogP contribution in [0.1, 0.15) is 18.9 Å². The summed E-state index contributed by atoms with van der Waals surface area (Å²) in [4.78, 5) is 6.55. The van der Waals surface area contributed by atoms with Crippen LogP contribution in [0.3, 0.4) is 0 Å². The average Bonchev–Trinajstić information content (AvgIpc) is 2.36. The van der Waals surface area contributed by atoms with Crippen LogP contribution >= 0.6 is 23.4 Å². The number of hydrogen-bond donors (Lipinski definition) is 1. The van der Waals surface area contributed by atoms with E-state index in [1.54, 1.807) is 0 Å². The van der Waals surface area contributed by atoms with Crippen LogP contribution in [0.5, 0.6) is 0 Å². The van der Waals surface area contributed by atoms with Crippen LogP contribution in [0.25, 0.3) is 0 Å². The third kappa shape index (κ3) is 5.04. The summed E-state index contributed by atoms with van der Waals surface area (Å²) in [6, 6.07) is 2.00. The zero-order valence-corrected chi connectivity index (χ0v) is 12.9. The molecule has 0 unspecified atom stereocenters. The highest BCUT2D eigenvalue weighted by Crippen LogP contribution is 2.23. The molecule has 3 nitrogen and oxygen atoms in total. The lowest BCUT2D eigenvalue weighted by atomic mass is 10.2. The van der Waals surface area contributed by atoms with E-state index in [0.717, 1.165) is 48.2 Å². The zero-order chi connectivity index (χ0) is 13.4. The smallest absolute Gasteiger partial charge is 0.147 e. The summed E-state index contributed by atoms with van der Waals surface area (Å²) in [7, 11) is 2.03. The van der Waals surface area contributed by atoms with Crippen molar-refractivity contribution in [3.05, 3.63) is 22.8 Å². The third-order valence-corrected chi connectivity index (χ3v) is 3.50. The molecule has 1 heterocycles. The number of anilines is 1. The molecule has 1 aromatic heterocycles. The van der Waals surface area contributed by atoms with Gasteiger partial charge in [0, 0.05) is 32.1 Å². The van der Waals surface area contributed by atoms with Gasteiger partial charge in [-0.25, -0.2) is 4.98 Å². The molecule has 0 saturated carbocycles. The SMILES string of the molecule is CCCNCc1cnc(N(C)CCSC)c(Cl)c1. The minimum atomic E-state index is 0.731. The molecular formula is C13H22ClN3S. The first-order valence-corrected chi connectivity index (χ1v) is 8.01. The second-order valence-corrected chi connectivity index (χ2v) is 5.63. The Kier molecular flexibility index (Phi) is 7.47. The van der Waals surface area contributed by atoms with Gasteiger partial charge in [0.1, 0.15) is 5.82 Å². The fourth-order valence-electron chi connectivity index (χ4n) is 1.59. The maximum absolute atomic E-state index is 6.28. The molecule has 1 rings (SSSR count). The van der Waals surface area contributed by atoms with E-state index >= 15 is 0 Å². The number of hydrogen-bond acceptors (Lipinski definition) is 4. The van der Waals surface area contributed by atoms with Gasteiger partial charge in [-0.3, -0.25) is 0 Å². The van der Waals surface area contributed by atoms with E-state index in [2.05, 4.69) is 28.4 Å². The number of nitrogens with one attached hydrogen (secondary N) is 1. The fraction of sp³-hybridized carbons (Fsp3) is 0.615. The molecule has 0 bridgehead atoms. The summed E-state index contributed by atoms with van der Waals surface area (Å²) >= 11 is 8.10. The van der Waals surface area contributed by atoms with Crippen molar-refractivity contribution in [3.8, 4) is 0 Å². The first-order chi connectivity index (χ1) is 8.69. The molecule has 0 aromatic carbocycles. The Bertz CT molecular complexity index is 360. The standard InChI is InChI=1S/C13H22ClN3S/c1-4-5-15-9-11-8-12(14)13(16-10-11)17(2)6-7-18-3/h8,10,15H,4-7,9H2,1-3H3. The Balaban J connectivity index is 2.61. The van der Waals surface area contributed by atoms with Gasteiger partial charge in [-0.1, -0.05) is 18.5 Å². The average molecular weight is 288 g/mol. The molecule has 18 heavy (non-hydrogen) atoms. The van der Waals surface area contributed by atoms with Gasteiger partial charge in [-0.15, -0.1) is 0 Å². The maximum Gasteiger partial charge on any atom is 0.147 e. The first kappa shape index (κ1) is 15.6. The van der Waals surface area contributed by atoms with Crippen molar-refractivity contribution >= 4 is 29.2 Å². The van der Waals surface area contributed by atoms with Crippen molar-refractivity contribution in [2.24, 2.45) is 0 Å². The summed E-state index contributed by atoms with van der Waals surface area (Å²) in [5, 5.41) is 4.08. The molecule has 0 atom stereocenters. The number of nitrogens with zero attached hydrogens (tertiary/aromatic N) is 2. The van der Waals surface area contributed by atoms with Crippen molar-refractivity contribution in [1.29, 1.82) is 0 Å². The van der Waals surface area contributed by atoms with Crippen LogP contribution in [-0.4, -0.2) is 37.1 Å². The van der Waals surface area contributed by atoms with Crippen molar-refractivity contribution in [3.63, 3.8) is 0 Å². The number of halogens is 1. The van der Waals surface area contributed by atoms with Crippen LogP contribution in [-0.2, 0) is 6.54 Å². The molecule has 0 saturated heterocycles. The van der Waals surface area contributed by atoms with E-state index < -0.39 is 0 Å². The van der Waals surface area contributed by atoms with E-state index in [-0.39, 0.29) is 0 Å². The van der Waals surface area contributed by atoms with Crippen molar-refractivity contribution < 1.29 is 0 Å². The first-order valence-electron chi connectivity index (χ1n) is 6.24. The Morgan fingerprint density at radius 3 is 2.89 bits per heavy atom. The van der Waals surface area contributed by atoms with E-state index in [0.29, 0.717) is 0 Å². The minimum Gasteiger partial charge on any atom is -0.358 e. The van der Waals surface area contributed by atoms with Crippen molar-refractivity contribution in [2.75, 3.05) is 37.0 Å². The molecule has 0 aliphatic heterocycles. The summed E-state index contributed by atoms with van der Waals surface area (Å²) in [6.07, 6.45) is 5.14. The van der Waals surface area contributed by atoms with Crippen LogP contribution in [0.2, 0.25) is 5.02 Å². The van der Waals surface area contributed by atoms with E-state index in [1.807, 2.05) is 31.1 Å². The fourth-order valence-corrected chi connectivity index (χ4v) is 2.38. The number of aromatic nitrogens is 1. The van der Waals surface area contributed by atoms with Gasteiger partial charge in [-0.05, 0) is 30.9 Å². The largest absolute Gasteiger partial charge is 0.358 e. The Hall–Kier alpha value is -0.450. The molecule has 0 radical (unpaired) electrons. The van der Waals surface area contributed by atoms with Gasteiger partial charge < -0.3 is 10.2 Å². The second-order valence-electron chi connectivity index (χ2n) is 4.24. The molecular weight excluding hydrogens is 266 g/mol. The van der Waals surface area contributed by atoms with E-state index in [1.165, 1.54) is 0 Å². The quantitative estimate of drug-likeness (QED) is 0.744. The van der Waals surface area contributed by atoms with E-state index in [4.69, 9.17) is 11.6 Å². The van der Waals surface area contributed by atoms with Gasteiger partial charge in [0.25, 0.3) is 0 Å². The molecule has 0 spiro atoms. The van der Waals surface area contributed by atoms with Crippen molar-refractivity contribution in [2.45, 2.75) is 19.9 Å². The minimum absolute atomic E-state index is 0.731. The topological polar surface area (TPSA) is 28.2 Å². The third-order valence-electron chi connectivity index (χ3n) is 2.63. The molecule has 0 aliphatic carbocycles. The predicted molar refractivity (Wildman–Crippen MR) is 82.9 cm³/mol. The predicted octanol–water partition coefficient (Wildman–Crippen LogP) is 3.03. The highest BCUT2D eigenvalue weighted by atomic mass is 35.5. The molecule has 0 aliphatic rings. The lowest BCUT2D eigenvalue weighted by Crippen LogP contribution is -2.22. The molecule has 1 N–H and O–H groups in total. The molecule has 0 fully saturated rings. The summed E-state index contributed by atoms with van der Waals surface area (Å²) in [5.41, 5.74) is 1.13. The summed E-state index contributed by atoms with van der Waals surface area (Å²) in [5.74, 6) is 1.94. The van der Waals surface area contributed by atoms with Gasteiger partial charge in [0.15, 0.2) is 0 Å². The van der Waals surface area contributed by atoms with E-state index in [9.17, 15) is 0 Å². The lowest BCUT2D eigenvalue weighted by Gasteiger charge is -2.19. The van der Waals surface area contributed by atoms with Gasteiger partial charge in [-0.2, -0.15) is 11.8 Å². The number of thioether (sulfide) groups is 1. The zero-order valence-electron chi connectivity index (χ0n) is 11.4. The molecule has 1 aromatic rings. The lowest BCUT2D eigenvalue weighted by molar-refractivity contribution is 0.674. The maximum atomic E-state index is 6.28. The normalized spacial score (nSPS) is 10.7. The second kappa shape index (κ2) is 8.62. The molecule has 102 valence electrons. The van der Waals surface area contributed by atoms with Crippen LogP contribution in [0, 0.1) is 0 Å². The Morgan fingerprint density at radius 2 is 2.28 bits per heavy atom. The monoisotopic (exact) mass is 287 g/mol. The van der Waals surface area contributed by atoms with Crippen molar-refractivity contribution in [1.82, 2.24) is 10.3 Å². The van der Waals surface area contributed by atoms with Crippen LogP contribution < -0.4 is 10.2 Å². The molecule has 0 amide bonds. The van der Waals surface area contributed by atoms with Crippen LogP contribution in [0.15, 0.2) is 12.3 Å². The highest BCUT2D eigenvalue weighted by Gasteiger charge is 2.08. The Morgan fingerprint density at radius 1 is 1.50 bits per heavy atom. The van der Waals surface area contributed by atoms with Crippen LogP contribution in [0.4, 0.5) is 5.82 Å².